The number of carbonyl (C=O) groups is 3. The monoisotopic (exact) mass is 354 g/mol. The van der Waals surface area contributed by atoms with E-state index in [2.05, 4.69) is 0 Å². The number of aromatic amines is 1. The molecule has 2 aliphatic heterocycles. The lowest BCUT2D eigenvalue weighted by Gasteiger charge is -2.22. The standard InChI is InChI=1S/C14H14N2O9/c1-5(17)22-10-8-9(11(13(20)25-8)23-6(2)18)24-12(10)16-4-3-7(19)15-14(16)21/h3-4,8-12H,1-2H3,(H,15,19,21)/t8-,9-,10+,11-,12-/m0/s1. The maximum atomic E-state index is 12.0. The van der Waals surface area contributed by atoms with Gasteiger partial charge < -0.3 is 18.9 Å². The highest BCUT2D eigenvalue weighted by molar-refractivity contribution is 5.81. The van der Waals surface area contributed by atoms with Gasteiger partial charge in [0.15, 0.2) is 18.4 Å². The van der Waals surface area contributed by atoms with Crippen LogP contribution in [0.4, 0.5) is 0 Å². The zero-order valence-corrected chi connectivity index (χ0v) is 13.2. The van der Waals surface area contributed by atoms with E-state index in [-0.39, 0.29) is 0 Å². The van der Waals surface area contributed by atoms with Crippen LogP contribution in [-0.2, 0) is 33.3 Å². The summed E-state index contributed by atoms with van der Waals surface area (Å²) in [5, 5.41) is 0. The largest absolute Gasteiger partial charge is 0.454 e. The Bertz CT molecular complexity index is 841. The molecule has 0 radical (unpaired) electrons. The van der Waals surface area contributed by atoms with E-state index in [1.165, 1.54) is 0 Å². The summed E-state index contributed by atoms with van der Waals surface area (Å²) in [6.07, 6.45) is -4.64. The zero-order chi connectivity index (χ0) is 18.3. The van der Waals surface area contributed by atoms with Gasteiger partial charge in [0, 0.05) is 26.1 Å². The van der Waals surface area contributed by atoms with Crippen LogP contribution in [0.2, 0.25) is 0 Å². The molecule has 0 unspecified atom stereocenters. The first-order valence-electron chi connectivity index (χ1n) is 7.30. The van der Waals surface area contributed by atoms with Crippen LogP contribution in [0.25, 0.3) is 0 Å². The van der Waals surface area contributed by atoms with Crippen molar-refractivity contribution in [2.45, 2.75) is 44.5 Å². The van der Waals surface area contributed by atoms with E-state index in [0.717, 1.165) is 30.7 Å². The number of fused-ring (bicyclic) bond motifs is 1. The summed E-state index contributed by atoms with van der Waals surface area (Å²) >= 11 is 0. The summed E-state index contributed by atoms with van der Waals surface area (Å²) in [5.41, 5.74) is -1.42. The first-order valence-corrected chi connectivity index (χ1v) is 7.30. The van der Waals surface area contributed by atoms with Crippen molar-refractivity contribution in [2.24, 2.45) is 0 Å². The Balaban J connectivity index is 1.97. The summed E-state index contributed by atoms with van der Waals surface area (Å²) in [6.45, 7) is 2.25. The highest BCUT2D eigenvalue weighted by Crippen LogP contribution is 2.39. The zero-order valence-electron chi connectivity index (χ0n) is 13.2. The maximum absolute atomic E-state index is 12.0. The van der Waals surface area contributed by atoms with Gasteiger partial charge in [-0.05, 0) is 0 Å². The average molecular weight is 354 g/mol. The summed E-state index contributed by atoms with van der Waals surface area (Å²) in [7, 11) is 0. The maximum Gasteiger partial charge on any atom is 0.350 e. The number of hydrogen-bond donors (Lipinski definition) is 1. The summed E-state index contributed by atoms with van der Waals surface area (Å²) < 4.78 is 21.8. The Hall–Kier alpha value is -2.95. The molecular formula is C14H14N2O9. The Morgan fingerprint density at radius 3 is 2.40 bits per heavy atom. The molecule has 11 heteroatoms. The van der Waals surface area contributed by atoms with Gasteiger partial charge in [-0.1, -0.05) is 0 Å². The van der Waals surface area contributed by atoms with E-state index in [1.807, 2.05) is 4.98 Å². The third-order valence-corrected chi connectivity index (χ3v) is 3.73. The van der Waals surface area contributed by atoms with E-state index in [0.29, 0.717) is 0 Å². The van der Waals surface area contributed by atoms with Crippen LogP contribution >= 0.6 is 0 Å². The molecule has 1 N–H and O–H groups in total. The molecule has 1 aromatic heterocycles. The van der Waals surface area contributed by atoms with E-state index in [1.54, 1.807) is 0 Å². The molecule has 0 saturated carbocycles. The number of rotatable bonds is 3. The molecule has 25 heavy (non-hydrogen) atoms. The lowest BCUT2D eigenvalue weighted by molar-refractivity contribution is -0.174. The summed E-state index contributed by atoms with van der Waals surface area (Å²) in [6, 6.07) is 1.08. The van der Waals surface area contributed by atoms with Crippen molar-refractivity contribution in [2.75, 3.05) is 0 Å². The summed E-state index contributed by atoms with van der Waals surface area (Å²) in [4.78, 5) is 59.7. The predicted molar refractivity (Wildman–Crippen MR) is 76.2 cm³/mol. The van der Waals surface area contributed by atoms with Crippen molar-refractivity contribution in [3.05, 3.63) is 33.1 Å². The Morgan fingerprint density at radius 2 is 1.80 bits per heavy atom. The second-order valence-corrected chi connectivity index (χ2v) is 5.51. The highest BCUT2D eigenvalue weighted by atomic mass is 16.7. The minimum atomic E-state index is -1.34. The second-order valence-electron chi connectivity index (χ2n) is 5.51. The molecule has 0 bridgehead atoms. The van der Waals surface area contributed by atoms with Crippen molar-refractivity contribution in [3.8, 4) is 0 Å². The second kappa shape index (κ2) is 6.16. The van der Waals surface area contributed by atoms with E-state index < -0.39 is 59.8 Å². The van der Waals surface area contributed by atoms with Crippen LogP contribution in [-0.4, -0.2) is 51.9 Å². The molecule has 1 aromatic rings. The number of H-pyrrole nitrogens is 1. The van der Waals surface area contributed by atoms with Crippen molar-refractivity contribution in [1.82, 2.24) is 9.55 Å². The smallest absolute Gasteiger partial charge is 0.350 e. The molecule has 2 fully saturated rings. The van der Waals surface area contributed by atoms with Gasteiger partial charge in [-0.2, -0.15) is 0 Å². The fraction of sp³-hybridized carbons (Fsp3) is 0.500. The van der Waals surface area contributed by atoms with Crippen LogP contribution in [0.5, 0.6) is 0 Å². The van der Waals surface area contributed by atoms with Gasteiger partial charge in [0.05, 0.1) is 0 Å². The van der Waals surface area contributed by atoms with Gasteiger partial charge in [0.1, 0.15) is 6.10 Å². The van der Waals surface area contributed by atoms with Crippen LogP contribution in [0.1, 0.15) is 20.1 Å². The quantitative estimate of drug-likeness (QED) is 0.492. The SMILES string of the molecule is CC(=O)O[C@@H]1[C@H]2OC(=O)[C@@H](OC(C)=O)[C@H]2O[C@@H]1n1ccc(=O)[nH]c1=O. The van der Waals surface area contributed by atoms with Crippen molar-refractivity contribution in [3.63, 3.8) is 0 Å². The van der Waals surface area contributed by atoms with Gasteiger partial charge in [-0.25, -0.2) is 9.59 Å². The van der Waals surface area contributed by atoms with Crippen LogP contribution in [0.15, 0.2) is 21.9 Å². The summed E-state index contributed by atoms with van der Waals surface area (Å²) in [5.74, 6) is -2.25. The normalized spacial score (nSPS) is 30.5. The first-order chi connectivity index (χ1) is 11.8. The van der Waals surface area contributed by atoms with E-state index in [9.17, 15) is 24.0 Å². The minimum absolute atomic E-state index is 0.618. The van der Waals surface area contributed by atoms with Gasteiger partial charge >= 0.3 is 23.6 Å². The van der Waals surface area contributed by atoms with E-state index >= 15 is 0 Å². The molecular weight excluding hydrogens is 340 g/mol. The number of esters is 3. The average Bonchev–Trinajstić information content (AvgIpc) is 2.97. The number of carbonyl (C=O) groups excluding carboxylic acids is 3. The van der Waals surface area contributed by atoms with Crippen molar-refractivity contribution >= 4 is 17.9 Å². The van der Waals surface area contributed by atoms with Crippen molar-refractivity contribution < 1.29 is 33.3 Å². The number of hydrogen-bond acceptors (Lipinski definition) is 9. The molecule has 3 rings (SSSR count). The molecule has 2 saturated heterocycles. The fourth-order valence-corrected chi connectivity index (χ4v) is 2.84. The molecule has 5 atom stereocenters. The Morgan fingerprint density at radius 1 is 1.12 bits per heavy atom. The molecule has 0 amide bonds. The highest BCUT2D eigenvalue weighted by Gasteiger charge is 2.61. The lowest BCUT2D eigenvalue weighted by Crippen LogP contribution is -2.40. The van der Waals surface area contributed by atoms with Gasteiger partial charge in [-0.3, -0.25) is 23.9 Å². The molecule has 0 spiro atoms. The molecule has 2 aliphatic rings. The lowest BCUT2D eigenvalue weighted by atomic mass is 10.1. The number of nitrogens with one attached hydrogen (secondary N) is 1. The van der Waals surface area contributed by atoms with Gasteiger partial charge in [-0.15, -0.1) is 0 Å². The van der Waals surface area contributed by atoms with Crippen LogP contribution < -0.4 is 11.2 Å². The number of aromatic nitrogens is 2. The molecule has 134 valence electrons. The molecule has 0 aliphatic carbocycles. The fourth-order valence-electron chi connectivity index (χ4n) is 2.84. The third-order valence-electron chi connectivity index (χ3n) is 3.73. The Labute approximate surface area is 139 Å². The topological polar surface area (TPSA) is 143 Å². The van der Waals surface area contributed by atoms with Gasteiger partial charge in [0.2, 0.25) is 6.10 Å². The number of ether oxygens (including phenoxy) is 4. The van der Waals surface area contributed by atoms with Crippen LogP contribution in [0.3, 0.4) is 0 Å². The molecule has 3 heterocycles. The molecule has 11 nitrogen and oxygen atoms in total. The van der Waals surface area contributed by atoms with Gasteiger partial charge in [0.25, 0.3) is 5.56 Å². The van der Waals surface area contributed by atoms with Crippen LogP contribution in [0, 0.1) is 0 Å². The third kappa shape index (κ3) is 3.05. The molecule has 0 aromatic carbocycles. The van der Waals surface area contributed by atoms with E-state index in [4.69, 9.17) is 18.9 Å². The first kappa shape index (κ1) is 16.9. The number of nitrogens with zero attached hydrogens (tertiary/aromatic N) is 1. The minimum Gasteiger partial charge on any atom is -0.454 e. The Kier molecular flexibility index (Phi) is 4.17. The predicted octanol–water partition coefficient (Wildman–Crippen LogP) is -1.78. The van der Waals surface area contributed by atoms with Crippen molar-refractivity contribution in [1.29, 1.82) is 0 Å².